The Morgan fingerprint density at radius 1 is 1.19 bits per heavy atom. The largest absolute Gasteiger partial charge is 0.393 e. The molecule has 0 radical (unpaired) electrons. The number of benzene rings is 1. The van der Waals surface area contributed by atoms with E-state index in [0.29, 0.717) is 24.5 Å². The molecule has 27 heavy (non-hydrogen) atoms. The molecule has 2 saturated heterocycles. The highest BCUT2D eigenvalue weighted by molar-refractivity contribution is 5.92. The van der Waals surface area contributed by atoms with Crippen molar-refractivity contribution >= 4 is 5.91 Å². The predicted molar refractivity (Wildman–Crippen MR) is 96.4 cm³/mol. The molecule has 0 aliphatic carbocycles. The van der Waals surface area contributed by atoms with Gasteiger partial charge in [0.2, 0.25) is 0 Å². The quantitative estimate of drug-likeness (QED) is 0.892. The monoisotopic (exact) mass is 373 g/mol. The zero-order chi connectivity index (χ0) is 18.8. The summed E-state index contributed by atoms with van der Waals surface area (Å²) in [6.07, 6.45) is 3.07. The van der Waals surface area contributed by atoms with Crippen molar-refractivity contribution < 1.29 is 18.8 Å². The summed E-state index contributed by atoms with van der Waals surface area (Å²) in [5.74, 6) is 0.235. The maximum absolute atomic E-state index is 13.2. The normalized spacial score (nSPS) is 21.7. The number of aromatic nitrogens is 1. The number of halogens is 1. The van der Waals surface area contributed by atoms with E-state index in [-0.39, 0.29) is 23.9 Å². The number of aliphatic hydroxyl groups is 1. The molecule has 1 aromatic carbocycles. The fourth-order valence-corrected chi connectivity index (χ4v) is 3.97. The molecule has 144 valence electrons. The van der Waals surface area contributed by atoms with Crippen molar-refractivity contribution in [1.82, 2.24) is 15.0 Å². The first-order chi connectivity index (χ1) is 13.1. The van der Waals surface area contributed by atoms with Gasteiger partial charge in [-0.05, 0) is 43.4 Å². The molecular formula is C20H24FN3O3. The topological polar surface area (TPSA) is 69.8 Å². The lowest BCUT2D eigenvalue weighted by Crippen LogP contribution is -2.35. The second kappa shape index (κ2) is 7.78. The average molecular weight is 373 g/mol. The van der Waals surface area contributed by atoms with Gasteiger partial charge >= 0.3 is 0 Å². The third-order valence-electron chi connectivity index (χ3n) is 5.48. The number of nitrogens with zero attached hydrogens (tertiary/aromatic N) is 3. The first kappa shape index (κ1) is 18.1. The Morgan fingerprint density at radius 3 is 2.67 bits per heavy atom. The van der Waals surface area contributed by atoms with Crippen molar-refractivity contribution in [2.75, 3.05) is 19.6 Å². The molecule has 4 rings (SSSR count). The van der Waals surface area contributed by atoms with E-state index < -0.39 is 0 Å². The summed E-state index contributed by atoms with van der Waals surface area (Å²) in [7, 11) is 0. The van der Waals surface area contributed by atoms with Crippen LogP contribution in [0.5, 0.6) is 0 Å². The molecule has 1 atom stereocenters. The zero-order valence-corrected chi connectivity index (χ0v) is 15.2. The molecule has 1 aromatic heterocycles. The molecule has 0 bridgehead atoms. The van der Waals surface area contributed by atoms with Crippen LogP contribution in [0.4, 0.5) is 4.39 Å². The van der Waals surface area contributed by atoms with Crippen molar-refractivity contribution in [2.24, 2.45) is 0 Å². The van der Waals surface area contributed by atoms with Crippen molar-refractivity contribution in [3.05, 3.63) is 53.2 Å². The van der Waals surface area contributed by atoms with Gasteiger partial charge in [0.05, 0.1) is 18.7 Å². The standard InChI is InChI=1S/C20H24FN3O3/c21-15-5-3-14(4-6-15)19-2-1-9-24(19)20(26)18-12-17(27-22-18)13-23-10-7-16(25)8-11-23/h3-6,12,16,19,25H,1-2,7-11,13H2. The van der Waals surface area contributed by atoms with Crippen LogP contribution >= 0.6 is 0 Å². The van der Waals surface area contributed by atoms with Crippen molar-refractivity contribution in [3.8, 4) is 0 Å². The van der Waals surface area contributed by atoms with Gasteiger partial charge in [0.1, 0.15) is 5.82 Å². The van der Waals surface area contributed by atoms with Gasteiger partial charge in [-0.1, -0.05) is 17.3 Å². The van der Waals surface area contributed by atoms with Gasteiger partial charge in [-0.3, -0.25) is 9.69 Å². The second-order valence-electron chi connectivity index (χ2n) is 7.39. The summed E-state index contributed by atoms with van der Waals surface area (Å²) in [6, 6.07) is 8.00. The molecule has 3 heterocycles. The van der Waals surface area contributed by atoms with Crippen LogP contribution in [-0.2, 0) is 6.54 Å². The molecule has 0 saturated carbocycles. The van der Waals surface area contributed by atoms with E-state index in [1.807, 2.05) is 0 Å². The predicted octanol–water partition coefficient (Wildman–Crippen LogP) is 2.75. The van der Waals surface area contributed by atoms with E-state index >= 15 is 0 Å². The van der Waals surface area contributed by atoms with Crippen LogP contribution in [-0.4, -0.2) is 51.7 Å². The fourth-order valence-electron chi connectivity index (χ4n) is 3.97. The molecule has 1 unspecified atom stereocenters. The molecule has 2 fully saturated rings. The smallest absolute Gasteiger partial charge is 0.276 e. The Kier molecular flexibility index (Phi) is 5.22. The minimum absolute atomic E-state index is 0.0539. The van der Waals surface area contributed by atoms with Gasteiger partial charge in [0, 0.05) is 25.7 Å². The van der Waals surface area contributed by atoms with E-state index in [2.05, 4.69) is 10.1 Å². The minimum atomic E-state index is -0.277. The van der Waals surface area contributed by atoms with E-state index in [0.717, 1.165) is 44.3 Å². The molecule has 6 nitrogen and oxygen atoms in total. The number of piperidine rings is 1. The number of likely N-dealkylation sites (tertiary alicyclic amines) is 2. The highest BCUT2D eigenvalue weighted by Crippen LogP contribution is 2.33. The van der Waals surface area contributed by atoms with Crippen molar-refractivity contribution in [2.45, 2.75) is 44.4 Å². The summed E-state index contributed by atoms with van der Waals surface area (Å²) in [4.78, 5) is 16.9. The van der Waals surface area contributed by atoms with Gasteiger partial charge in [0.25, 0.3) is 5.91 Å². The number of aliphatic hydroxyl groups excluding tert-OH is 1. The summed E-state index contributed by atoms with van der Waals surface area (Å²) in [6.45, 7) is 2.87. The molecule has 0 spiro atoms. The summed E-state index contributed by atoms with van der Waals surface area (Å²) < 4.78 is 18.6. The Hall–Kier alpha value is -2.25. The van der Waals surface area contributed by atoms with Crippen LogP contribution in [0.1, 0.15) is 53.5 Å². The number of rotatable bonds is 4. The van der Waals surface area contributed by atoms with Gasteiger partial charge < -0.3 is 14.5 Å². The highest BCUT2D eigenvalue weighted by atomic mass is 19.1. The lowest BCUT2D eigenvalue weighted by molar-refractivity contribution is 0.0718. The third kappa shape index (κ3) is 4.04. The Morgan fingerprint density at radius 2 is 1.93 bits per heavy atom. The Bertz CT molecular complexity index is 784. The first-order valence-electron chi connectivity index (χ1n) is 9.52. The maximum atomic E-state index is 13.2. The molecule has 7 heteroatoms. The summed E-state index contributed by atoms with van der Waals surface area (Å²) >= 11 is 0. The zero-order valence-electron chi connectivity index (χ0n) is 15.2. The third-order valence-corrected chi connectivity index (χ3v) is 5.48. The van der Waals surface area contributed by atoms with Crippen LogP contribution in [0.2, 0.25) is 0 Å². The molecule has 2 aliphatic rings. The lowest BCUT2D eigenvalue weighted by Gasteiger charge is -2.28. The second-order valence-corrected chi connectivity index (χ2v) is 7.39. The first-order valence-corrected chi connectivity index (χ1v) is 9.52. The lowest BCUT2D eigenvalue weighted by atomic mass is 10.0. The SMILES string of the molecule is O=C(c1cc(CN2CCC(O)CC2)on1)N1CCCC1c1ccc(F)cc1. The Labute approximate surface area is 157 Å². The number of hydrogen-bond acceptors (Lipinski definition) is 5. The summed E-state index contributed by atoms with van der Waals surface area (Å²) in [5, 5.41) is 13.6. The van der Waals surface area contributed by atoms with Crippen LogP contribution in [0.3, 0.4) is 0 Å². The maximum Gasteiger partial charge on any atom is 0.276 e. The van der Waals surface area contributed by atoms with Gasteiger partial charge in [-0.15, -0.1) is 0 Å². The van der Waals surface area contributed by atoms with Gasteiger partial charge in [-0.2, -0.15) is 0 Å². The van der Waals surface area contributed by atoms with Crippen LogP contribution in [0.25, 0.3) is 0 Å². The number of hydrogen-bond donors (Lipinski definition) is 1. The average Bonchev–Trinajstić information content (AvgIpc) is 3.33. The molecule has 2 aliphatic heterocycles. The van der Waals surface area contributed by atoms with Crippen molar-refractivity contribution in [1.29, 1.82) is 0 Å². The molecule has 2 aromatic rings. The number of amides is 1. The van der Waals surface area contributed by atoms with Crippen LogP contribution < -0.4 is 0 Å². The Balaban J connectivity index is 1.43. The fraction of sp³-hybridized carbons (Fsp3) is 0.500. The minimum Gasteiger partial charge on any atom is -0.393 e. The van der Waals surface area contributed by atoms with Gasteiger partial charge in [-0.25, -0.2) is 4.39 Å². The van der Waals surface area contributed by atoms with Gasteiger partial charge in [0.15, 0.2) is 11.5 Å². The molecule has 1 amide bonds. The number of carbonyl (C=O) groups excluding carboxylic acids is 1. The molecule has 1 N–H and O–H groups in total. The molecular weight excluding hydrogens is 349 g/mol. The van der Waals surface area contributed by atoms with E-state index in [9.17, 15) is 14.3 Å². The summed E-state index contributed by atoms with van der Waals surface area (Å²) in [5.41, 5.74) is 1.26. The van der Waals surface area contributed by atoms with E-state index in [1.165, 1.54) is 12.1 Å². The van der Waals surface area contributed by atoms with Crippen molar-refractivity contribution in [3.63, 3.8) is 0 Å². The number of carbonyl (C=O) groups is 1. The van der Waals surface area contributed by atoms with E-state index in [4.69, 9.17) is 4.52 Å². The van der Waals surface area contributed by atoms with Crippen LogP contribution in [0, 0.1) is 5.82 Å². The van der Waals surface area contributed by atoms with E-state index in [1.54, 1.807) is 23.1 Å². The van der Waals surface area contributed by atoms with Crippen LogP contribution in [0.15, 0.2) is 34.9 Å². The highest BCUT2D eigenvalue weighted by Gasteiger charge is 2.32.